The first-order chi connectivity index (χ1) is 12.1. The second-order valence-corrected chi connectivity index (χ2v) is 8.01. The molecule has 1 atom stereocenters. The largest absolute Gasteiger partial charge is 0.371 e. The highest BCUT2D eigenvalue weighted by Gasteiger charge is 2.19. The molecule has 1 aromatic heterocycles. The number of halogens is 1. The summed E-state index contributed by atoms with van der Waals surface area (Å²) in [6.07, 6.45) is 1.24. The van der Waals surface area contributed by atoms with Gasteiger partial charge < -0.3 is 10.2 Å². The standard InChI is InChI=1S/C20H19ClN2OS/c1-13-10-11-23(12-13)15-8-6-14(7-9-15)22-20(24)19-18(21)16-4-2-3-5-17(16)25-19/h2-9,13H,10-12H2,1H3,(H,22,24). The molecule has 1 unspecified atom stereocenters. The molecular weight excluding hydrogens is 352 g/mol. The van der Waals surface area contributed by atoms with E-state index in [-0.39, 0.29) is 5.91 Å². The van der Waals surface area contributed by atoms with Gasteiger partial charge in [-0.25, -0.2) is 0 Å². The van der Waals surface area contributed by atoms with E-state index in [9.17, 15) is 4.79 Å². The molecule has 0 bridgehead atoms. The SMILES string of the molecule is CC1CCN(c2ccc(NC(=O)c3sc4ccccc4c3Cl)cc2)C1. The first kappa shape index (κ1) is 16.4. The lowest BCUT2D eigenvalue weighted by Gasteiger charge is -2.18. The number of thiophene rings is 1. The molecule has 1 aliphatic rings. The fourth-order valence-electron chi connectivity index (χ4n) is 3.27. The monoisotopic (exact) mass is 370 g/mol. The van der Waals surface area contributed by atoms with Gasteiger partial charge in [0.15, 0.2) is 0 Å². The number of hydrogen-bond donors (Lipinski definition) is 1. The van der Waals surface area contributed by atoms with Crippen LogP contribution in [0, 0.1) is 5.92 Å². The van der Waals surface area contributed by atoms with E-state index in [1.54, 1.807) is 0 Å². The van der Waals surface area contributed by atoms with Crippen molar-refractivity contribution in [2.24, 2.45) is 5.92 Å². The Morgan fingerprint density at radius 3 is 2.64 bits per heavy atom. The molecule has 3 aromatic rings. The third kappa shape index (κ3) is 3.24. The van der Waals surface area contributed by atoms with E-state index in [1.165, 1.54) is 23.4 Å². The second-order valence-electron chi connectivity index (χ2n) is 6.58. The van der Waals surface area contributed by atoms with Crippen molar-refractivity contribution in [3.8, 4) is 0 Å². The highest BCUT2D eigenvalue weighted by atomic mass is 35.5. The van der Waals surface area contributed by atoms with E-state index in [4.69, 9.17) is 11.6 Å². The minimum atomic E-state index is -0.159. The molecule has 128 valence electrons. The maximum absolute atomic E-state index is 12.6. The van der Waals surface area contributed by atoms with Crippen LogP contribution in [-0.4, -0.2) is 19.0 Å². The molecule has 1 N–H and O–H groups in total. The quantitative estimate of drug-likeness (QED) is 0.645. The van der Waals surface area contributed by atoms with Crippen LogP contribution in [0.5, 0.6) is 0 Å². The molecule has 0 saturated carbocycles. The van der Waals surface area contributed by atoms with Crippen molar-refractivity contribution in [2.75, 3.05) is 23.3 Å². The van der Waals surface area contributed by atoms with Gasteiger partial charge in [0, 0.05) is 34.6 Å². The topological polar surface area (TPSA) is 32.3 Å². The number of nitrogens with one attached hydrogen (secondary N) is 1. The van der Waals surface area contributed by atoms with Gasteiger partial charge in [0.1, 0.15) is 4.88 Å². The highest BCUT2D eigenvalue weighted by molar-refractivity contribution is 7.21. The van der Waals surface area contributed by atoms with Gasteiger partial charge >= 0.3 is 0 Å². The summed E-state index contributed by atoms with van der Waals surface area (Å²) in [5.41, 5.74) is 2.00. The number of anilines is 2. The molecule has 4 rings (SSSR count). The first-order valence-electron chi connectivity index (χ1n) is 8.45. The lowest BCUT2D eigenvalue weighted by atomic mass is 10.2. The van der Waals surface area contributed by atoms with Crippen LogP contribution in [0.2, 0.25) is 5.02 Å². The average Bonchev–Trinajstić information content (AvgIpc) is 3.20. The van der Waals surface area contributed by atoms with Crippen LogP contribution < -0.4 is 10.2 Å². The molecule has 1 aliphatic heterocycles. The Morgan fingerprint density at radius 2 is 1.96 bits per heavy atom. The molecule has 5 heteroatoms. The van der Waals surface area contributed by atoms with Crippen molar-refractivity contribution < 1.29 is 4.79 Å². The molecule has 1 amide bonds. The van der Waals surface area contributed by atoms with Gasteiger partial charge in [-0.05, 0) is 42.7 Å². The van der Waals surface area contributed by atoms with Crippen molar-refractivity contribution in [1.82, 2.24) is 0 Å². The molecule has 1 fully saturated rings. The van der Waals surface area contributed by atoms with Crippen LogP contribution in [0.15, 0.2) is 48.5 Å². The fourth-order valence-corrected chi connectivity index (χ4v) is 4.69. The van der Waals surface area contributed by atoms with Gasteiger partial charge in [-0.15, -0.1) is 11.3 Å². The van der Waals surface area contributed by atoms with Gasteiger partial charge in [-0.2, -0.15) is 0 Å². The molecule has 0 radical (unpaired) electrons. The third-order valence-corrected chi connectivity index (χ3v) is 6.33. The number of fused-ring (bicyclic) bond motifs is 1. The molecule has 0 spiro atoms. The van der Waals surface area contributed by atoms with E-state index in [1.807, 2.05) is 36.4 Å². The zero-order chi connectivity index (χ0) is 17.4. The molecule has 2 aromatic carbocycles. The predicted molar refractivity (Wildman–Crippen MR) is 107 cm³/mol. The Bertz CT molecular complexity index is 919. The second kappa shape index (κ2) is 6.70. The molecular formula is C20H19ClN2OS. The maximum atomic E-state index is 12.6. The predicted octanol–water partition coefficient (Wildman–Crippen LogP) is 5.65. The molecule has 2 heterocycles. The summed E-state index contributed by atoms with van der Waals surface area (Å²) in [5, 5.41) is 4.41. The van der Waals surface area contributed by atoms with Gasteiger partial charge in [-0.3, -0.25) is 4.79 Å². The van der Waals surface area contributed by atoms with Gasteiger partial charge in [0.2, 0.25) is 0 Å². The van der Waals surface area contributed by atoms with Crippen LogP contribution in [-0.2, 0) is 0 Å². The zero-order valence-electron chi connectivity index (χ0n) is 14.0. The Morgan fingerprint density at radius 1 is 1.20 bits per heavy atom. The number of nitrogens with zero attached hydrogens (tertiary/aromatic N) is 1. The van der Waals surface area contributed by atoms with Crippen molar-refractivity contribution in [2.45, 2.75) is 13.3 Å². The smallest absolute Gasteiger partial charge is 0.267 e. The molecule has 1 saturated heterocycles. The Balaban J connectivity index is 1.51. The maximum Gasteiger partial charge on any atom is 0.267 e. The molecule has 0 aliphatic carbocycles. The number of benzene rings is 2. The van der Waals surface area contributed by atoms with Gasteiger partial charge in [0.05, 0.1) is 5.02 Å². The fraction of sp³-hybridized carbons (Fsp3) is 0.250. The van der Waals surface area contributed by atoms with Crippen molar-refractivity contribution in [1.29, 1.82) is 0 Å². The highest BCUT2D eigenvalue weighted by Crippen LogP contribution is 2.35. The number of carbonyl (C=O) groups is 1. The summed E-state index contributed by atoms with van der Waals surface area (Å²) in [6, 6.07) is 15.9. The van der Waals surface area contributed by atoms with E-state index < -0.39 is 0 Å². The van der Waals surface area contributed by atoms with Crippen molar-refractivity contribution in [3.63, 3.8) is 0 Å². The zero-order valence-corrected chi connectivity index (χ0v) is 15.5. The summed E-state index contributed by atoms with van der Waals surface area (Å²) < 4.78 is 1.02. The van der Waals surface area contributed by atoms with Gasteiger partial charge in [-0.1, -0.05) is 36.7 Å². The van der Waals surface area contributed by atoms with Crippen LogP contribution in [0.1, 0.15) is 23.0 Å². The van der Waals surface area contributed by atoms with Crippen LogP contribution >= 0.6 is 22.9 Å². The average molecular weight is 371 g/mol. The number of rotatable bonds is 3. The Hall–Kier alpha value is -2.04. The molecule has 25 heavy (non-hydrogen) atoms. The minimum Gasteiger partial charge on any atom is -0.371 e. The Labute approximate surface area is 156 Å². The normalized spacial score (nSPS) is 17.2. The summed E-state index contributed by atoms with van der Waals surface area (Å²) >= 11 is 7.81. The first-order valence-corrected chi connectivity index (χ1v) is 9.64. The third-order valence-electron chi connectivity index (χ3n) is 4.66. The number of carbonyl (C=O) groups excluding carboxylic acids is 1. The molecule has 3 nitrogen and oxygen atoms in total. The van der Waals surface area contributed by atoms with Crippen LogP contribution in [0.3, 0.4) is 0 Å². The van der Waals surface area contributed by atoms with Crippen LogP contribution in [0.4, 0.5) is 11.4 Å². The van der Waals surface area contributed by atoms with E-state index >= 15 is 0 Å². The van der Waals surface area contributed by atoms with E-state index in [0.717, 1.165) is 34.8 Å². The Kier molecular flexibility index (Phi) is 4.40. The summed E-state index contributed by atoms with van der Waals surface area (Å²) in [5.74, 6) is 0.586. The van der Waals surface area contributed by atoms with E-state index in [0.29, 0.717) is 9.90 Å². The van der Waals surface area contributed by atoms with Gasteiger partial charge in [0.25, 0.3) is 5.91 Å². The number of amides is 1. The summed E-state index contributed by atoms with van der Waals surface area (Å²) in [4.78, 5) is 15.5. The van der Waals surface area contributed by atoms with Crippen LogP contribution in [0.25, 0.3) is 10.1 Å². The van der Waals surface area contributed by atoms with E-state index in [2.05, 4.69) is 29.3 Å². The minimum absolute atomic E-state index is 0.159. The summed E-state index contributed by atoms with van der Waals surface area (Å²) in [7, 11) is 0. The van der Waals surface area contributed by atoms with Crippen molar-refractivity contribution in [3.05, 3.63) is 58.4 Å². The summed E-state index contributed by atoms with van der Waals surface area (Å²) in [6.45, 7) is 4.48. The number of hydrogen-bond acceptors (Lipinski definition) is 3. The lowest BCUT2D eigenvalue weighted by molar-refractivity contribution is 0.103. The lowest BCUT2D eigenvalue weighted by Crippen LogP contribution is -2.19. The van der Waals surface area contributed by atoms with Crippen molar-refractivity contribution >= 4 is 50.3 Å².